The molecule has 3 nitrogen and oxygen atoms in total. The van der Waals surface area contributed by atoms with Crippen LogP contribution in [-0.2, 0) is 0 Å². The molecule has 0 bridgehead atoms. The van der Waals surface area contributed by atoms with Crippen LogP contribution < -0.4 is 10.7 Å². The van der Waals surface area contributed by atoms with Crippen LogP contribution in [0, 0.1) is 6.92 Å². The first-order chi connectivity index (χ1) is 10.7. The smallest absolute Gasteiger partial charge is 0.0828 e. The Morgan fingerprint density at radius 3 is 2.68 bits per heavy atom. The molecule has 1 aliphatic heterocycles. The van der Waals surface area contributed by atoms with Crippen molar-refractivity contribution < 1.29 is 0 Å². The number of benzene rings is 2. The van der Waals surface area contributed by atoms with Crippen molar-refractivity contribution in [1.82, 2.24) is 0 Å². The molecule has 0 saturated carbocycles. The van der Waals surface area contributed by atoms with E-state index >= 15 is 0 Å². The molecule has 4 heteroatoms. The van der Waals surface area contributed by atoms with Gasteiger partial charge in [0.1, 0.15) is 0 Å². The van der Waals surface area contributed by atoms with Gasteiger partial charge in [0.15, 0.2) is 0 Å². The third-order valence-electron chi connectivity index (χ3n) is 3.94. The van der Waals surface area contributed by atoms with Gasteiger partial charge in [0.25, 0.3) is 0 Å². The summed E-state index contributed by atoms with van der Waals surface area (Å²) >= 11 is 6.14. The predicted octanol–water partition coefficient (Wildman–Crippen LogP) is 4.30. The van der Waals surface area contributed by atoms with Crippen molar-refractivity contribution in [3.63, 3.8) is 0 Å². The average Bonchev–Trinajstić information content (AvgIpc) is 2.92. The average molecular weight is 314 g/mol. The van der Waals surface area contributed by atoms with Crippen LogP contribution >= 0.6 is 11.6 Å². The van der Waals surface area contributed by atoms with Gasteiger partial charge in [0.05, 0.1) is 11.7 Å². The molecule has 0 aromatic heterocycles. The zero-order valence-electron chi connectivity index (χ0n) is 12.7. The minimum atomic E-state index is 0.209. The molecule has 1 atom stereocenters. The number of rotatable bonds is 4. The molecule has 1 unspecified atom stereocenters. The molecule has 0 amide bonds. The van der Waals surface area contributed by atoms with Crippen LogP contribution in [0.25, 0.3) is 0 Å². The first kappa shape index (κ1) is 15.1. The Bertz CT molecular complexity index is 679. The summed E-state index contributed by atoms with van der Waals surface area (Å²) in [5.41, 5.74) is 10.4. The zero-order valence-corrected chi connectivity index (χ0v) is 13.4. The molecule has 0 fully saturated rings. The SMILES string of the molecule is Cc1ccc(C2CC(CCN)=NN2c2cccc(Cl)c2)cc1. The summed E-state index contributed by atoms with van der Waals surface area (Å²) in [5.74, 6) is 0. The van der Waals surface area contributed by atoms with Gasteiger partial charge in [-0.2, -0.15) is 5.10 Å². The number of nitrogens with zero attached hydrogens (tertiary/aromatic N) is 2. The molecule has 114 valence electrons. The number of aryl methyl sites for hydroxylation is 1. The van der Waals surface area contributed by atoms with Crippen molar-refractivity contribution in [3.8, 4) is 0 Å². The highest BCUT2D eigenvalue weighted by molar-refractivity contribution is 6.30. The summed E-state index contributed by atoms with van der Waals surface area (Å²) in [7, 11) is 0. The van der Waals surface area contributed by atoms with Crippen LogP contribution in [0.15, 0.2) is 53.6 Å². The Kier molecular flexibility index (Phi) is 4.46. The molecule has 22 heavy (non-hydrogen) atoms. The summed E-state index contributed by atoms with van der Waals surface area (Å²) in [6.07, 6.45) is 1.74. The van der Waals surface area contributed by atoms with E-state index < -0.39 is 0 Å². The predicted molar refractivity (Wildman–Crippen MR) is 93.6 cm³/mol. The minimum absolute atomic E-state index is 0.209. The van der Waals surface area contributed by atoms with Gasteiger partial charge in [0.2, 0.25) is 0 Å². The van der Waals surface area contributed by atoms with E-state index in [4.69, 9.17) is 22.4 Å². The number of anilines is 1. The second-order valence-electron chi connectivity index (χ2n) is 5.66. The molecule has 1 heterocycles. The molecule has 3 rings (SSSR count). The second-order valence-corrected chi connectivity index (χ2v) is 6.10. The monoisotopic (exact) mass is 313 g/mol. The number of hydrogen-bond donors (Lipinski definition) is 1. The fraction of sp³-hybridized carbons (Fsp3) is 0.278. The number of nitrogens with two attached hydrogens (primary N) is 1. The Balaban J connectivity index is 1.96. The summed E-state index contributed by atoms with van der Waals surface area (Å²) in [5, 5.41) is 7.58. The van der Waals surface area contributed by atoms with Crippen molar-refractivity contribution in [1.29, 1.82) is 0 Å². The van der Waals surface area contributed by atoms with E-state index in [-0.39, 0.29) is 6.04 Å². The van der Waals surface area contributed by atoms with E-state index in [1.165, 1.54) is 11.1 Å². The molecule has 2 aromatic rings. The van der Waals surface area contributed by atoms with Gasteiger partial charge in [-0.1, -0.05) is 47.5 Å². The zero-order chi connectivity index (χ0) is 15.5. The molecule has 2 aromatic carbocycles. The van der Waals surface area contributed by atoms with Gasteiger partial charge in [0, 0.05) is 17.2 Å². The minimum Gasteiger partial charge on any atom is -0.330 e. The fourth-order valence-corrected chi connectivity index (χ4v) is 2.98. The number of hydrogen-bond acceptors (Lipinski definition) is 3. The molecule has 0 radical (unpaired) electrons. The lowest BCUT2D eigenvalue weighted by molar-refractivity contribution is 0.707. The molecule has 0 aliphatic carbocycles. The molecule has 2 N–H and O–H groups in total. The summed E-state index contributed by atoms with van der Waals surface area (Å²) < 4.78 is 0. The summed E-state index contributed by atoms with van der Waals surface area (Å²) in [4.78, 5) is 0. The lowest BCUT2D eigenvalue weighted by Gasteiger charge is -2.24. The molecule has 0 spiro atoms. The number of halogens is 1. The highest BCUT2D eigenvalue weighted by Crippen LogP contribution is 2.36. The van der Waals surface area contributed by atoms with Crippen molar-refractivity contribution >= 4 is 23.0 Å². The first-order valence-electron chi connectivity index (χ1n) is 7.55. The van der Waals surface area contributed by atoms with Gasteiger partial charge >= 0.3 is 0 Å². The van der Waals surface area contributed by atoms with E-state index in [1.807, 2.05) is 24.3 Å². The van der Waals surface area contributed by atoms with E-state index in [1.54, 1.807) is 0 Å². The third kappa shape index (κ3) is 3.16. The fourth-order valence-electron chi connectivity index (χ4n) is 2.80. The second kappa shape index (κ2) is 6.51. The highest BCUT2D eigenvalue weighted by atomic mass is 35.5. The van der Waals surface area contributed by atoms with Crippen LogP contribution in [-0.4, -0.2) is 12.3 Å². The van der Waals surface area contributed by atoms with Crippen LogP contribution in [0.2, 0.25) is 5.02 Å². The Hall–Kier alpha value is -1.84. The molecule has 1 aliphatic rings. The molecular formula is C18H20ClN3. The van der Waals surface area contributed by atoms with Crippen LogP contribution in [0.4, 0.5) is 5.69 Å². The maximum absolute atomic E-state index is 6.14. The van der Waals surface area contributed by atoms with E-state index in [2.05, 4.69) is 36.2 Å². The van der Waals surface area contributed by atoms with Gasteiger partial charge in [-0.15, -0.1) is 0 Å². The lowest BCUT2D eigenvalue weighted by atomic mass is 9.99. The topological polar surface area (TPSA) is 41.6 Å². The third-order valence-corrected chi connectivity index (χ3v) is 4.18. The molecule has 0 saturated heterocycles. The van der Waals surface area contributed by atoms with E-state index in [9.17, 15) is 0 Å². The Labute approximate surface area is 136 Å². The standard InChI is InChI=1S/C18H20ClN3/c1-13-5-7-14(8-6-13)18-12-16(9-10-20)21-22(18)17-4-2-3-15(19)11-17/h2-8,11,18H,9-10,12,20H2,1H3. The molecular weight excluding hydrogens is 294 g/mol. The summed E-state index contributed by atoms with van der Waals surface area (Å²) in [6.45, 7) is 2.73. The first-order valence-corrected chi connectivity index (χ1v) is 7.93. The van der Waals surface area contributed by atoms with Crippen LogP contribution in [0.5, 0.6) is 0 Å². The van der Waals surface area contributed by atoms with Gasteiger partial charge in [-0.25, -0.2) is 0 Å². The maximum atomic E-state index is 6.14. The normalized spacial score (nSPS) is 17.7. The van der Waals surface area contributed by atoms with Gasteiger partial charge in [-0.3, -0.25) is 5.01 Å². The van der Waals surface area contributed by atoms with Gasteiger partial charge in [-0.05, 0) is 43.7 Å². The van der Waals surface area contributed by atoms with Crippen molar-refractivity contribution in [2.75, 3.05) is 11.6 Å². The van der Waals surface area contributed by atoms with Crippen molar-refractivity contribution in [2.45, 2.75) is 25.8 Å². The van der Waals surface area contributed by atoms with Crippen molar-refractivity contribution in [3.05, 3.63) is 64.7 Å². The van der Waals surface area contributed by atoms with Crippen LogP contribution in [0.3, 0.4) is 0 Å². The van der Waals surface area contributed by atoms with Crippen LogP contribution in [0.1, 0.15) is 30.0 Å². The summed E-state index contributed by atoms with van der Waals surface area (Å²) in [6, 6.07) is 16.7. The van der Waals surface area contributed by atoms with Gasteiger partial charge < -0.3 is 5.73 Å². The van der Waals surface area contributed by atoms with Crippen molar-refractivity contribution in [2.24, 2.45) is 10.8 Å². The number of hydrazone groups is 1. The maximum Gasteiger partial charge on any atom is 0.0828 e. The van der Waals surface area contributed by atoms with E-state index in [0.29, 0.717) is 6.54 Å². The largest absolute Gasteiger partial charge is 0.330 e. The Morgan fingerprint density at radius 1 is 1.23 bits per heavy atom. The lowest BCUT2D eigenvalue weighted by Crippen LogP contribution is -2.18. The Morgan fingerprint density at radius 2 is 2.00 bits per heavy atom. The highest BCUT2D eigenvalue weighted by Gasteiger charge is 2.28. The van der Waals surface area contributed by atoms with E-state index in [0.717, 1.165) is 29.3 Å². The quantitative estimate of drug-likeness (QED) is 0.914.